The third-order valence-electron chi connectivity index (χ3n) is 3.96. The summed E-state index contributed by atoms with van der Waals surface area (Å²) in [5, 5.41) is 17.6. The minimum atomic E-state index is -0.276. The molecule has 1 aliphatic rings. The Hall–Kier alpha value is -1.39. The van der Waals surface area contributed by atoms with E-state index >= 15 is 0 Å². The first kappa shape index (κ1) is 20.9. The van der Waals surface area contributed by atoms with Crippen LogP contribution in [0.15, 0.2) is 33.8 Å². The van der Waals surface area contributed by atoms with E-state index in [1.807, 2.05) is 19.1 Å². The van der Waals surface area contributed by atoms with Crippen LogP contribution in [0, 0.1) is 0 Å². The topological polar surface area (TPSA) is 86.8 Å². The molecule has 142 valence electrons. The van der Waals surface area contributed by atoms with Gasteiger partial charge < -0.3 is 19.8 Å². The van der Waals surface area contributed by atoms with E-state index in [4.69, 9.17) is 16.1 Å². The Morgan fingerprint density at radius 2 is 2.19 bits per heavy atom. The molecule has 1 fully saturated rings. The molecular formula is C17H23ClIN5O2. The smallest absolute Gasteiger partial charge is 0.228 e. The number of nitrogens with one attached hydrogen (secondary N) is 1. The second-order valence-corrected chi connectivity index (χ2v) is 6.33. The molecule has 2 aromatic rings. The van der Waals surface area contributed by atoms with E-state index in [9.17, 15) is 5.11 Å². The molecule has 0 amide bonds. The SMILES string of the molecule is CCNC(=NCCc1nc(-c2ccc(Cl)cc2)no1)N1CC[C@@H](O)C1.I. The lowest BCUT2D eigenvalue weighted by Gasteiger charge is -2.20. The molecular weight excluding hydrogens is 469 g/mol. The highest BCUT2D eigenvalue weighted by atomic mass is 127. The number of likely N-dealkylation sites (tertiary alicyclic amines) is 1. The fourth-order valence-electron chi connectivity index (χ4n) is 2.69. The number of aliphatic hydroxyl groups excluding tert-OH is 1. The van der Waals surface area contributed by atoms with Crippen molar-refractivity contribution in [3.05, 3.63) is 35.2 Å². The lowest BCUT2D eigenvalue weighted by molar-refractivity contribution is 0.188. The molecule has 0 unspecified atom stereocenters. The molecule has 2 N–H and O–H groups in total. The summed E-state index contributed by atoms with van der Waals surface area (Å²) in [5.41, 5.74) is 0.863. The Bertz CT molecular complexity index is 722. The van der Waals surface area contributed by atoms with E-state index < -0.39 is 0 Å². The predicted octanol–water partition coefficient (Wildman–Crippen LogP) is 2.58. The van der Waals surface area contributed by atoms with E-state index in [1.165, 1.54) is 0 Å². The number of aromatic nitrogens is 2. The lowest BCUT2D eigenvalue weighted by atomic mass is 10.2. The first-order valence-corrected chi connectivity index (χ1v) is 8.83. The second-order valence-electron chi connectivity index (χ2n) is 5.89. The third-order valence-corrected chi connectivity index (χ3v) is 4.21. The molecule has 0 bridgehead atoms. The van der Waals surface area contributed by atoms with Crippen molar-refractivity contribution in [1.82, 2.24) is 20.4 Å². The van der Waals surface area contributed by atoms with Crippen LogP contribution in [-0.2, 0) is 6.42 Å². The minimum Gasteiger partial charge on any atom is -0.391 e. The van der Waals surface area contributed by atoms with Gasteiger partial charge in [-0.15, -0.1) is 24.0 Å². The Labute approximate surface area is 174 Å². The van der Waals surface area contributed by atoms with Gasteiger partial charge in [-0.2, -0.15) is 4.98 Å². The van der Waals surface area contributed by atoms with Crippen molar-refractivity contribution in [1.29, 1.82) is 0 Å². The Morgan fingerprint density at radius 1 is 1.42 bits per heavy atom. The zero-order valence-corrected chi connectivity index (χ0v) is 17.6. The zero-order chi connectivity index (χ0) is 17.6. The van der Waals surface area contributed by atoms with Crippen LogP contribution >= 0.6 is 35.6 Å². The number of aliphatic hydroxyl groups is 1. The summed E-state index contributed by atoms with van der Waals surface area (Å²) in [4.78, 5) is 11.1. The van der Waals surface area contributed by atoms with Gasteiger partial charge in [0.25, 0.3) is 0 Å². The highest BCUT2D eigenvalue weighted by Gasteiger charge is 2.22. The van der Waals surface area contributed by atoms with Crippen LogP contribution < -0.4 is 5.32 Å². The quantitative estimate of drug-likeness (QED) is 0.380. The van der Waals surface area contributed by atoms with Crippen LogP contribution in [-0.4, -0.2) is 58.4 Å². The van der Waals surface area contributed by atoms with Gasteiger partial charge in [0.15, 0.2) is 5.96 Å². The molecule has 0 spiro atoms. The summed E-state index contributed by atoms with van der Waals surface area (Å²) in [7, 11) is 0. The van der Waals surface area contributed by atoms with E-state index in [0.29, 0.717) is 36.2 Å². The van der Waals surface area contributed by atoms with Gasteiger partial charge >= 0.3 is 0 Å². The molecule has 1 atom stereocenters. The first-order chi connectivity index (χ1) is 12.2. The van der Waals surface area contributed by atoms with Gasteiger partial charge in [-0.3, -0.25) is 4.99 Å². The number of β-amino-alcohol motifs (C(OH)–C–C–N with tert-alkyl or cyclic N) is 1. The number of hydrogen-bond acceptors (Lipinski definition) is 5. The van der Waals surface area contributed by atoms with Gasteiger partial charge in [-0.25, -0.2) is 0 Å². The summed E-state index contributed by atoms with van der Waals surface area (Å²) < 4.78 is 5.30. The number of nitrogens with zero attached hydrogens (tertiary/aromatic N) is 4. The molecule has 1 aromatic heterocycles. The maximum absolute atomic E-state index is 9.68. The molecule has 9 heteroatoms. The average Bonchev–Trinajstić information content (AvgIpc) is 3.24. The maximum Gasteiger partial charge on any atom is 0.228 e. The van der Waals surface area contributed by atoms with Crippen LogP contribution in [0.2, 0.25) is 5.02 Å². The number of benzene rings is 1. The molecule has 0 aliphatic carbocycles. The van der Waals surface area contributed by atoms with Gasteiger partial charge in [0.1, 0.15) is 0 Å². The fourth-order valence-corrected chi connectivity index (χ4v) is 2.82. The van der Waals surface area contributed by atoms with E-state index in [0.717, 1.165) is 31.0 Å². The predicted molar refractivity (Wildman–Crippen MR) is 112 cm³/mol. The summed E-state index contributed by atoms with van der Waals surface area (Å²) in [6.45, 7) is 4.78. The number of rotatable bonds is 5. The summed E-state index contributed by atoms with van der Waals surface area (Å²) in [6.07, 6.45) is 1.06. The van der Waals surface area contributed by atoms with E-state index in [-0.39, 0.29) is 30.1 Å². The van der Waals surface area contributed by atoms with Crippen LogP contribution in [0.25, 0.3) is 11.4 Å². The first-order valence-electron chi connectivity index (χ1n) is 8.45. The molecule has 1 saturated heterocycles. The minimum absolute atomic E-state index is 0. The summed E-state index contributed by atoms with van der Waals surface area (Å²) in [6, 6.07) is 7.31. The summed E-state index contributed by atoms with van der Waals surface area (Å²) in [5.74, 6) is 1.91. The molecule has 7 nitrogen and oxygen atoms in total. The van der Waals surface area contributed by atoms with Gasteiger partial charge in [-0.1, -0.05) is 16.8 Å². The maximum atomic E-state index is 9.68. The standard InChI is InChI=1S/C17H22ClN5O2.HI/c1-2-19-17(23-10-8-14(24)11-23)20-9-7-15-21-16(22-25-15)12-3-5-13(18)6-4-12;/h3-6,14,24H,2,7-11H2,1H3,(H,19,20);1H/t14-;/m1./s1. The highest BCUT2D eigenvalue weighted by molar-refractivity contribution is 14.0. The monoisotopic (exact) mass is 491 g/mol. The fraction of sp³-hybridized carbons (Fsp3) is 0.471. The Kier molecular flexibility index (Phi) is 8.11. The number of hydrogen-bond donors (Lipinski definition) is 2. The molecule has 1 aliphatic heterocycles. The molecule has 26 heavy (non-hydrogen) atoms. The normalized spacial score (nSPS) is 17.3. The van der Waals surface area contributed by atoms with Gasteiger partial charge in [-0.05, 0) is 37.6 Å². The summed E-state index contributed by atoms with van der Waals surface area (Å²) >= 11 is 5.89. The molecule has 3 rings (SSSR count). The Morgan fingerprint density at radius 3 is 2.85 bits per heavy atom. The van der Waals surface area contributed by atoms with Gasteiger partial charge in [0.05, 0.1) is 12.6 Å². The van der Waals surface area contributed by atoms with E-state index in [1.54, 1.807) is 12.1 Å². The van der Waals surface area contributed by atoms with E-state index in [2.05, 4.69) is 25.3 Å². The number of aliphatic imine (C=N–C) groups is 1. The van der Waals surface area contributed by atoms with Crippen molar-refractivity contribution in [3.63, 3.8) is 0 Å². The molecule has 0 radical (unpaired) electrons. The van der Waals surface area contributed by atoms with Crippen molar-refractivity contribution in [2.45, 2.75) is 25.9 Å². The number of halogens is 2. The third kappa shape index (κ3) is 5.55. The van der Waals surface area contributed by atoms with Crippen LogP contribution in [0.4, 0.5) is 0 Å². The molecule has 0 saturated carbocycles. The van der Waals surface area contributed by atoms with Crippen LogP contribution in [0.5, 0.6) is 0 Å². The van der Waals surface area contributed by atoms with Crippen LogP contribution in [0.3, 0.4) is 0 Å². The van der Waals surface area contributed by atoms with Gasteiger partial charge in [0, 0.05) is 36.6 Å². The van der Waals surface area contributed by atoms with Gasteiger partial charge in [0.2, 0.25) is 11.7 Å². The lowest BCUT2D eigenvalue weighted by Crippen LogP contribution is -2.40. The highest BCUT2D eigenvalue weighted by Crippen LogP contribution is 2.18. The number of guanidine groups is 1. The largest absolute Gasteiger partial charge is 0.391 e. The average molecular weight is 492 g/mol. The van der Waals surface area contributed by atoms with Crippen molar-refractivity contribution >= 4 is 41.5 Å². The zero-order valence-electron chi connectivity index (χ0n) is 14.6. The Balaban J connectivity index is 0.00000243. The van der Waals surface area contributed by atoms with Crippen molar-refractivity contribution in [2.24, 2.45) is 4.99 Å². The molecule has 2 heterocycles. The van der Waals surface area contributed by atoms with Crippen molar-refractivity contribution < 1.29 is 9.63 Å². The van der Waals surface area contributed by atoms with Crippen LogP contribution in [0.1, 0.15) is 19.2 Å². The second kappa shape index (κ2) is 10.1. The van der Waals surface area contributed by atoms with Crippen molar-refractivity contribution in [3.8, 4) is 11.4 Å². The molecule has 1 aromatic carbocycles. The van der Waals surface area contributed by atoms with Crippen molar-refractivity contribution in [2.75, 3.05) is 26.2 Å².